The summed E-state index contributed by atoms with van der Waals surface area (Å²) in [6, 6.07) is 1.97. The summed E-state index contributed by atoms with van der Waals surface area (Å²) in [5.41, 5.74) is 4.16. The Kier molecular flexibility index (Phi) is 5.93. The molecule has 2 aliphatic heterocycles. The van der Waals surface area contributed by atoms with Crippen LogP contribution in [0.5, 0.6) is 0 Å². The molecule has 9 heteroatoms. The van der Waals surface area contributed by atoms with Gasteiger partial charge in [-0.25, -0.2) is 15.0 Å². The Bertz CT molecular complexity index is 1060. The topological polar surface area (TPSA) is 85.3 Å². The van der Waals surface area contributed by atoms with Crippen LogP contribution in [0.4, 0.5) is 5.95 Å². The average molecular weight is 438 g/mol. The van der Waals surface area contributed by atoms with Crippen molar-refractivity contribution in [3.8, 4) is 11.3 Å². The molecule has 0 aliphatic carbocycles. The van der Waals surface area contributed by atoms with Crippen LogP contribution in [0.15, 0.2) is 23.0 Å². The summed E-state index contributed by atoms with van der Waals surface area (Å²) in [6.45, 7) is 10.0. The van der Waals surface area contributed by atoms with E-state index in [9.17, 15) is 0 Å². The van der Waals surface area contributed by atoms with Gasteiger partial charge in [-0.05, 0) is 39.8 Å². The van der Waals surface area contributed by atoms with E-state index in [-0.39, 0.29) is 0 Å². The fourth-order valence-corrected chi connectivity index (χ4v) is 4.58. The molecule has 0 atom stereocenters. The molecule has 32 heavy (non-hydrogen) atoms. The predicted octanol–water partition coefficient (Wildman–Crippen LogP) is 2.70. The Morgan fingerprint density at radius 2 is 1.81 bits per heavy atom. The highest BCUT2D eigenvalue weighted by molar-refractivity contribution is 5.61. The van der Waals surface area contributed by atoms with Crippen molar-refractivity contribution in [3.05, 3.63) is 41.4 Å². The van der Waals surface area contributed by atoms with Crippen LogP contribution in [0, 0.1) is 13.8 Å². The molecule has 0 N–H and O–H groups in total. The van der Waals surface area contributed by atoms with Crippen LogP contribution in [0.25, 0.3) is 11.3 Å². The first kappa shape index (κ1) is 21.1. The fourth-order valence-electron chi connectivity index (χ4n) is 4.58. The SMILES string of the molecule is Cc1cc(-c2cnc(N3CCOCC3)nc2C2CCN(Cc3cnc(C)n3C)CC2)on1. The van der Waals surface area contributed by atoms with Crippen molar-refractivity contribution in [3.63, 3.8) is 0 Å². The van der Waals surface area contributed by atoms with E-state index in [0.29, 0.717) is 19.1 Å². The monoisotopic (exact) mass is 437 g/mol. The van der Waals surface area contributed by atoms with Gasteiger partial charge in [-0.15, -0.1) is 0 Å². The smallest absolute Gasteiger partial charge is 0.225 e. The number of anilines is 1. The number of ether oxygens (including phenoxy) is 1. The lowest BCUT2D eigenvalue weighted by Gasteiger charge is -2.33. The van der Waals surface area contributed by atoms with Gasteiger partial charge in [0.15, 0.2) is 5.76 Å². The highest BCUT2D eigenvalue weighted by Gasteiger charge is 2.27. The summed E-state index contributed by atoms with van der Waals surface area (Å²) in [5.74, 6) is 2.95. The second-order valence-corrected chi connectivity index (χ2v) is 8.81. The molecule has 0 amide bonds. The highest BCUT2D eigenvalue weighted by Crippen LogP contribution is 2.35. The van der Waals surface area contributed by atoms with Gasteiger partial charge in [0, 0.05) is 51.1 Å². The van der Waals surface area contributed by atoms with Crippen LogP contribution in [0.2, 0.25) is 0 Å². The summed E-state index contributed by atoms with van der Waals surface area (Å²) in [5, 5.41) is 4.09. The van der Waals surface area contributed by atoms with Gasteiger partial charge in [0.25, 0.3) is 0 Å². The highest BCUT2D eigenvalue weighted by atomic mass is 16.5. The number of piperidine rings is 1. The molecule has 0 bridgehead atoms. The van der Waals surface area contributed by atoms with E-state index in [2.05, 4.69) is 36.5 Å². The van der Waals surface area contributed by atoms with Crippen LogP contribution in [0.3, 0.4) is 0 Å². The third-order valence-electron chi connectivity index (χ3n) is 6.67. The third-order valence-corrected chi connectivity index (χ3v) is 6.67. The zero-order valence-corrected chi connectivity index (χ0v) is 19.1. The summed E-state index contributed by atoms with van der Waals surface area (Å²) in [7, 11) is 2.09. The number of imidazole rings is 1. The average Bonchev–Trinajstić information content (AvgIpc) is 3.40. The molecule has 0 saturated carbocycles. The molecule has 2 fully saturated rings. The van der Waals surface area contributed by atoms with E-state index in [1.807, 2.05) is 32.3 Å². The van der Waals surface area contributed by atoms with Gasteiger partial charge in [0.2, 0.25) is 5.95 Å². The Labute approximate surface area is 188 Å². The van der Waals surface area contributed by atoms with Gasteiger partial charge in [-0.1, -0.05) is 5.16 Å². The standard InChI is InChI=1S/C23H31N7O2/c1-16-12-21(32-27-16)20-14-25-23(30-8-10-31-11-9-30)26-22(20)18-4-6-29(7-5-18)15-19-13-24-17(2)28(19)3/h12-14,18H,4-11,15H2,1-3H3. The minimum atomic E-state index is 0.364. The molecule has 3 aromatic heterocycles. The Morgan fingerprint density at radius 3 is 2.47 bits per heavy atom. The molecule has 0 spiro atoms. The van der Waals surface area contributed by atoms with Crippen LogP contribution in [0.1, 0.15) is 41.7 Å². The van der Waals surface area contributed by atoms with Crippen molar-refractivity contribution in [1.29, 1.82) is 0 Å². The lowest BCUT2D eigenvalue weighted by molar-refractivity contribution is 0.122. The number of likely N-dealkylation sites (tertiary alicyclic amines) is 1. The normalized spacial score (nSPS) is 18.4. The molecule has 2 aliphatic rings. The maximum absolute atomic E-state index is 5.60. The van der Waals surface area contributed by atoms with Crippen LogP contribution >= 0.6 is 0 Å². The van der Waals surface area contributed by atoms with E-state index >= 15 is 0 Å². The Morgan fingerprint density at radius 1 is 1.03 bits per heavy atom. The molecule has 0 aromatic carbocycles. The van der Waals surface area contributed by atoms with Crippen molar-refractivity contribution in [2.75, 3.05) is 44.3 Å². The van der Waals surface area contributed by atoms with Crippen LogP contribution in [-0.2, 0) is 18.3 Å². The van der Waals surface area contributed by atoms with Crippen LogP contribution < -0.4 is 4.90 Å². The van der Waals surface area contributed by atoms with Gasteiger partial charge in [0.1, 0.15) is 5.82 Å². The molecular formula is C23H31N7O2. The second-order valence-electron chi connectivity index (χ2n) is 8.81. The summed E-state index contributed by atoms with van der Waals surface area (Å²) in [6.07, 6.45) is 6.01. The Balaban J connectivity index is 1.36. The Hall–Kier alpha value is -2.78. The van der Waals surface area contributed by atoms with E-state index < -0.39 is 0 Å². The van der Waals surface area contributed by atoms with E-state index in [0.717, 1.165) is 80.0 Å². The minimum Gasteiger partial charge on any atom is -0.378 e. The van der Waals surface area contributed by atoms with E-state index in [1.54, 1.807) is 0 Å². The molecule has 0 radical (unpaired) electrons. The van der Waals surface area contributed by atoms with Gasteiger partial charge in [-0.3, -0.25) is 4.90 Å². The van der Waals surface area contributed by atoms with Gasteiger partial charge >= 0.3 is 0 Å². The zero-order valence-electron chi connectivity index (χ0n) is 19.1. The number of aromatic nitrogens is 5. The molecule has 5 rings (SSSR count). The molecular weight excluding hydrogens is 406 g/mol. The first-order valence-electron chi connectivity index (χ1n) is 11.4. The summed E-state index contributed by atoms with van der Waals surface area (Å²) >= 11 is 0. The number of hydrogen-bond acceptors (Lipinski definition) is 8. The summed E-state index contributed by atoms with van der Waals surface area (Å²) in [4.78, 5) is 18.9. The first-order valence-corrected chi connectivity index (χ1v) is 11.4. The lowest BCUT2D eigenvalue weighted by Crippen LogP contribution is -2.38. The minimum absolute atomic E-state index is 0.364. The maximum atomic E-state index is 5.60. The second kappa shape index (κ2) is 8.99. The quantitative estimate of drug-likeness (QED) is 0.602. The van der Waals surface area contributed by atoms with Crippen molar-refractivity contribution in [2.45, 2.75) is 39.2 Å². The van der Waals surface area contributed by atoms with Gasteiger partial charge < -0.3 is 18.7 Å². The number of hydrogen-bond donors (Lipinski definition) is 0. The van der Waals surface area contributed by atoms with Crippen molar-refractivity contribution in [2.24, 2.45) is 7.05 Å². The largest absolute Gasteiger partial charge is 0.378 e. The lowest BCUT2D eigenvalue weighted by atomic mass is 9.90. The number of morpholine rings is 1. The molecule has 9 nitrogen and oxygen atoms in total. The predicted molar refractivity (Wildman–Crippen MR) is 120 cm³/mol. The molecule has 0 unspecified atom stereocenters. The number of rotatable bonds is 5. The van der Waals surface area contributed by atoms with E-state index in [1.165, 1.54) is 5.69 Å². The van der Waals surface area contributed by atoms with Crippen molar-refractivity contribution < 1.29 is 9.26 Å². The molecule has 170 valence electrons. The van der Waals surface area contributed by atoms with E-state index in [4.69, 9.17) is 14.2 Å². The number of aryl methyl sites for hydroxylation is 2. The summed E-state index contributed by atoms with van der Waals surface area (Å²) < 4.78 is 13.3. The molecule has 5 heterocycles. The third kappa shape index (κ3) is 4.27. The first-order chi connectivity index (χ1) is 15.6. The zero-order chi connectivity index (χ0) is 22.1. The fraction of sp³-hybridized carbons (Fsp3) is 0.565. The number of nitrogens with zero attached hydrogens (tertiary/aromatic N) is 7. The van der Waals surface area contributed by atoms with Crippen molar-refractivity contribution in [1.82, 2.24) is 29.6 Å². The maximum Gasteiger partial charge on any atom is 0.225 e. The van der Waals surface area contributed by atoms with Crippen molar-refractivity contribution >= 4 is 5.95 Å². The molecule has 2 saturated heterocycles. The van der Waals surface area contributed by atoms with Gasteiger partial charge in [0.05, 0.1) is 35.9 Å². The van der Waals surface area contributed by atoms with Crippen LogP contribution in [-0.4, -0.2) is 69.0 Å². The molecule has 3 aromatic rings. The van der Waals surface area contributed by atoms with Gasteiger partial charge in [-0.2, -0.15) is 0 Å².